The van der Waals surface area contributed by atoms with E-state index in [1.54, 1.807) is 36.4 Å². The van der Waals surface area contributed by atoms with E-state index in [1.165, 1.54) is 12.1 Å². The first-order valence-electron chi connectivity index (χ1n) is 11.6. The number of rotatable bonds is 7. The first kappa shape index (κ1) is 23.4. The molecule has 1 N–H and O–H groups in total. The van der Waals surface area contributed by atoms with Gasteiger partial charge in [0.1, 0.15) is 0 Å². The molecule has 1 fully saturated rings. The maximum absolute atomic E-state index is 14.1. The predicted molar refractivity (Wildman–Crippen MR) is 128 cm³/mol. The standard InChI is InChI=1S/C25H28N4O5/c1-3-5-14-27-20-13-12-19(29(33)34)15-17(20)16-25(21(27)9-4-2)22(30)26-24(32)28(23(25)31)18-10-7-6-8-11-18/h6-8,10-13,15,21H,3-5,9,14,16H2,1-2H3,(H,26,30,32)/t21-,25+/m0/s1. The molecular formula is C25H28N4O5. The maximum atomic E-state index is 14.1. The van der Waals surface area contributed by atoms with Crippen LogP contribution in [0.4, 0.5) is 21.9 Å². The number of para-hydroxylation sites is 1. The zero-order chi connectivity index (χ0) is 24.5. The van der Waals surface area contributed by atoms with E-state index in [2.05, 4.69) is 12.2 Å². The van der Waals surface area contributed by atoms with Crippen molar-refractivity contribution in [2.45, 2.75) is 52.0 Å². The largest absolute Gasteiger partial charge is 0.367 e. The minimum absolute atomic E-state index is 0.0153. The molecular weight excluding hydrogens is 436 g/mol. The molecule has 1 spiro atoms. The van der Waals surface area contributed by atoms with Crippen LogP contribution in [0.1, 0.15) is 45.1 Å². The Labute approximate surface area is 197 Å². The third-order valence-electron chi connectivity index (χ3n) is 6.74. The van der Waals surface area contributed by atoms with Gasteiger partial charge in [0, 0.05) is 30.8 Å². The molecule has 4 amide bonds. The summed E-state index contributed by atoms with van der Waals surface area (Å²) in [5.74, 6) is -1.24. The summed E-state index contributed by atoms with van der Waals surface area (Å²) in [5.41, 5.74) is 0.0424. The van der Waals surface area contributed by atoms with E-state index in [0.29, 0.717) is 24.2 Å². The molecule has 1 saturated heterocycles. The molecule has 2 heterocycles. The van der Waals surface area contributed by atoms with Gasteiger partial charge in [-0.1, -0.05) is 44.9 Å². The van der Waals surface area contributed by atoms with Crippen molar-refractivity contribution < 1.29 is 19.3 Å². The number of nitrogens with one attached hydrogen (secondary N) is 1. The zero-order valence-corrected chi connectivity index (χ0v) is 19.3. The average Bonchev–Trinajstić information content (AvgIpc) is 2.82. The third kappa shape index (κ3) is 3.70. The monoisotopic (exact) mass is 464 g/mol. The van der Waals surface area contributed by atoms with Gasteiger partial charge in [-0.25, -0.2) is 9.69 Å². The normalized spacial score (nSPS) is 22.1. The van der Waals surface area contributed by atoms with Crippen LogP contribution >= 0.6 is 0 Å². The summed E-state index contributed by atoms with van der Waals surface area (Å²) in [6.07, 6.45) is 2.98. The molecule has 34 heavy (non-hydrogen) atoms. The fraction of sp³-hybridized carbons (Fsp3) is 0.400. The number of carbonyl (C=O) groups excluding carboxylic acids is 3. The van der Waals surface area contributed by atoms with Gasteiger partial charge in [-0.3, -0.25) is 25.0 Å². The van der Waals surface area contributed by atoms with E-state index in [4.69, 9.17) is 0 Å². The lowest BCUT2D eigenvalue weighted by molar-refractivity contribution is -0.384. The smallest absolute Gasteiger partial charge is 0.335 e. The van der Waals surface area contributed by atoms with Crippen molar-refractivity contribution in [2.75, 3.05) is 16.3 Å². The van der Waals surface area contributed by atoms with Crippen LogP contribution in [-0.4, -0.2) is 35.4 Å². The van der Waals surface area contributed by atoms with Crippen molar-refractivity contribution in [3.63, 3.8) is 0 Å². The molecule has 0 aromatic heterocycles. The molecule has 0 aliphatic carbocycles. The number of unbranched alkanes of at least 4 members (excludes halogenated alkanes) is 1. The average molecular weight is 465 g/mol. The van der Waals surface area contributed by atoms with Gasteiger partial charge < -0.3 is 4.90 Å². The van der Waals surface area contributed by atoms with Crippen molar-refractivity contribution >= 4 is 34.9 Å². The molecule has 0 saturated carbocycles. The van der Waals surface area contributed by atoms with Crippen LogP contribution in [0, 0.1) is 15.5 Å². The topological polar surface area (TPSA) is 113 Å². The molecule has 2 atom stereocenters. The van der Waals surface area contributed by atoms with Crippen molar-refractivity contribution in [3.8, 4) is 0 Å². The highest BCUT2D eigenvalue weighted by Crippen LogP contribution is 2.47. The molecule has 2 aliphatic heterocycles. The Morgan fingerprint density at radius 3 is 2.47 bits per heavy atom. The van der Waals surface area contributed by atoms with Gasteiger partial charge in [-0.15, -0.1) is 0 Å². The summed E-state index contributed by atoms with van der Waals surface area (Å²) in [7, 11) is 0. The lowest BCUT2D eigenvalue weighted by Crippen LogP contribution is -2.72. The molecule has 178 valence electrons. The van der Waals surface area contributed by atoms with E-state index >= 15 is 0 Å². The van der Waals surface area contributed by atoms with Crippen LogP contribution in [0.2, 0.25) is 0 Å². The summed E-state index contributed by atoms with van der Waals surface area (Å²) < 4.78 is 0. The first-order valence-corrected chi connectivity index (χ1v) is 11.6. The number of benzene rings is 2. The van der Waals surface area contributed by atoms with Gasteiger partial charge >= 0.3 is 6.03 Å². The Morgan fingerprint density at radius 2 is 1.82 bits per heavy atom. The van der Waals surface area contributed by atoms with E-state index in [1.807, 2.05) is 11.8 Å². The Morgan fingerprint density at radius 1 is 1.09 bits per heavy atom. The first-order chi connectivity index (χ1) is 16.3. The zero-order valence-electron chi connectivity index (χ0n) is 19.3. The van der Waals surface area contributed by atoms with E-state index in [0.717, 1.165) is 29.8 Å². The molecule has 0 radical (unpaired) electrons. The SMILES string of the molecule is CCCCN1c2ccc([N+](=O)[O-])cc2C[C@]2(C(=O)NC(=O)N(c3ccccc3)C2=O)[C@@H]1CCC. The van der Waals surface area contributed by atoms with Crippen LogP contribution in [0.3, 0.4) is 0 Å². The lowest BCUT2D eigenvalue weighted by atomic mass is 9.67. The van der Waals surface area contributed by atoms with E-state index < -0.39 is 34.2 Å². The number of urea groups is 1. The van der Waals surface area contributed by atoms with Crippen molar-refractivity contribution in [3.05, 3.63) is 64.2 Å². The number of barbiturate groups is 1. The summed E-state index contributed by atoms with van der Waals surface area (Å²) in [6, 6.07) is 11.8. The third-order valence-corrected chi connectivity index (χ3v) is 6.74. The van der Waals surface area contributed by atoms with Crippen molar-refractivity contribution in [2.24, 2.45) is 5.41 Å². The molecule has 0 unspecified atom stereocenters. The van der Waals surface area contributed by atoms with E-state index in [9.17, 15) is 24.5 Å². The van der Waals surface area contributed by atoms with Gasteiger partial charge in [0.05, 0.1) is 16.7 Å². The highest BCUT2D eigenvalue weighted by molar-refractivity contribution is 6.30. The second-order valence-electron chi connectivity index (χ2n) is 8.81. The van der Waals surface area contributed by atoms with Crippen molar-refractivity contribution in [1.82, 2.24) is 5.32 Å². The van der Waals surface area contributed by atoms with Gasteiger partial charge in [0.25, 0.3) is 11.6 Å². The van der Waals surface area contributed by atoms with Gasteiger partial charge in [0.2, 0.25) is 5.91 Å². The van der Waals surface area contributed by atoms with Crippen LogP contribution in [-0.2, 0) is 16.0 Å². The van der Waals surface area contributed by atoms with Crippen LogP contribution in [0.25, 0.3) is 0 Å². The highest BCUT2D eigenvalue weighted by Gasteiger charge is 2.62. The summed E-state index contributed by atoms with van der Waals surface area (Å²) in [6.45, 7) is 4.63. The number of amides is 4. The lowest BCUT2D eigenvalue weighted by Gasteiger charge is -2.52. The highest BCUT2D eigenvalue weighted by atomic mass is 16.6. The molecule has 0 bridgehead atoms. The number of anilines is 2. The number of non-ortho nitro benzene ring substituents is 1. The second kappa shape index (κ2) is 9.24. The van der Waals surface area contributed by atoms with Gasteiger partial charge in [-0.05, 0) is 36.6 Å². The number of carbonyl (C=O) groups is 3. The maximum Gasteiger partial charge on any atom is 0.335 e. The van der Waals surface area contributed by atoms with Gasteiger partial charge in [-0.2, -0.15) is 0 Å². The number of hydrogen-bond acceptors (Lipinski definition) is 6. The van der Waals surface area contributed by atoms with Crippen LogP contribution < -0.4 is 15.1 Å². The number of nitro benzene ring substituents is 1. The molecule has 4 rings (SSSR count). The number of nitrogens with zero attached hydrogens (tertiary/aromatic N) is 3. The quantitative estimate of drug-likeness (QED) is 0.373. The molecule has 9 heteroatoms. The second-order valence-corrected chi connectivity index (χ2v) is 8.81. The number of imide groups is 2. The van der Waals surface area contributed by atoms with Gasteiger partial charge in [0.15, 0.2) is 5.41 Å². The van der Waals surface area contributed by atoms with Crippen LogP contribution in [0.15, 0.2) is 48.5 Å². The number of fused-ring (bicyclic) bond motifs is 1. The molecule has 9 nitrogen and oxygen atoms in total. The summed E-state index contributed by atoms with van der Waals surface area (Å²) >= 11 is 0. The minimum atomic E-state index is -1.59. The number of hydrogen-bond donors (Lipinski definition) is 1. The fourth-order valence-corrected chi connectivity index (χ4v) is 5.15. The Bertz CT molecular complexity index is 1140. The van der Waals surface area contributed by atoms with Crippen molar-refractivity contribution in [1.29, 1.82) is 0 Å². The summed E-state index contributed by atoms with van der Waals surface area (Å²) in [4.78, 5) is 54.6. The molecule has 2 aliphatic rings. The summed E-state index contributed by atoms with van der Waals surface area (Å²) in [5, 5.41) is 13.9. The van der Waals surface area contributed by atoms with Crippen LogP contribution in [0.5, 0.6) is 0 Å². The molecule has 2 aromatic rings. The fourth-order valence-electron chi connectivity index (χ4n) is 5.15. The molecule has 2 aromatic carbocycles. The Balaban J connectivity index is 1.91. The minimum Gasteiger partial charge on any atom is -0.367 e. The Kier molecular flexibility index (Phi) is 6.37. The Hall–Kier alpha value is -3.75. The number of nitro groups is 1. The predicted octanol–water partition coefficient (Wildman–Crippen LogP) is 4.20. The van der Waals surface area contributed by atoms with E-state index in [-0.39, 0.29) is 12.1 Å².